The van der Waals surface area contributed by atoms with E-state index in [4.69, 9.17) is 11.6 Å². The number of anilines is 1. The highest BCUT2D eigenvalue weighted by atomic mass is 35.5. The molecule has 6 nitrogen and oxygen atoms in total. The van der Waals surface area contributed by atoms with Crippen LogP contribution in [-0.2, 0) is 16.4 Å². The van der Waals surface area contributed by atoms with E-state index in [1.165, 1.54) is 15.6 Å². The third-order valence-corrected chi connectivity index (χ3v) is 6.91. The molecule has 2 heterocycles. The van der Waals surface area contributed by atoms with Crippen LogP contribution >= 0.6 is 22.9 Å². The Labute approximate surface area is 150 Å². The van der Waals surface area contributed by atoms with Gasteiger partial charge in [0.1, 0.15) is 5.01 Å². The monoisotopic (exact) mass is 386 g/mol. The molecule has 0 bridgehead atoms. The quantitative estimate of drug-likeness (QED) is 0.791. The third-order valence-electron chi connectivity index (χ3n) is 3.96. The highest BCUT2D eigenvalue weighted by Crippen LogP contribution is 2.23. The molecule has 1 saturated heterocycles. The fraction of sp³-hybridized carbons (Fsp3) is 0.467. The molecule has 0 aliphatic carbocycles. The maximum Gasteiger partial charge on any atom is 0.213 e. The largest absolute Gasteiger partial charge is 0.360 e. The second-order valence-corrected chi connectivity index (χ2v) is 9.52. The minimum Gasteiger partial charge on any atom is -0.360 e. The van der Waals surface area contributed by atoms with Gasteiger partial charge in [0.2, 0.25) is 15.2 Å². The van der Waals surface area contributed by atoms with Crippen LogP contribution in [-0.4, -0.2) is 48.3 Å². The molecule has 1 fully saturated rings. The lowest BCUT2D eigenvalue weighted by Gasteiger charge is -2.37. The van der Waals surface area contributed by atoms with Gasteiger partial charge in [-0.05, 0) is 24.6 Å². The summed E-state index contributed by atoms with van der Waals surface area (Å²) in [5.74, 6) is 0.493. The molecule has 1 aliphatic rings. The molecular formula is C15H19ClN4O2S2. The summed E-state index contributed by atoms with van der Waals surface area (Å²) in [6.07, 6.45) is 0.725. The minimum atomic E-state index is -3.04. The molecule has 3 rings (SSSR count). The van der Waals surface area contributed by atoms with Gasteiger partial charge >= 0.3 is 0 Å². The normalized spacial score (nSPS) is 16.1. The summed E-state index contributed by atoms with van der Waals surface area (Å²) in [5, 5.41) is 14.0. The molecule has 0 saturated carbocycles. The molecule has 2 aromatic rings. The molecule has 0 spiro atoms. The predicted octanol–water partition coefficient (Wildman–Crippen LogP) is 2.48. The van der Waals surface area contributed by atoms with Gasteiger partial charge < -0.3 is 5.32 Å². The fourth-order valence-corrected chi connectivity index (χ4v) is 4.61. The van der Waals surface area contributed by atoms with Crippen LogP contribution in [0.25, 0.3) is 0 Å². The number of hydrogen-bond donors (Lipinski definition) is 1. The van der Waals surface area contributed by atoms with Gasteiger partial charge in [-0.25, -0.2) is 12.7 Å². The standard InChI is InChI=1S/C15H19ClN4O2S2/c1-2-24(21,22)20-9-12(10-20)8-17-15-19-18-14(23-15)7-11-3-5-13(16)6-4-11/h3-6,12H,2,7-10H2,1H3,(H,17,19). The average Bonchev–Trinajstić information content (AvgIpc) is 2.95. The van der Waals surface area contributed by atoms with Crippen LogP contribution in [0.3, 0.4) is 0 Å². The average molecular weight is 387 g/mol. The van der Waals surface area contributed by atoms with Crippen LogP contribution in [0.5, 0.6) is 0 Å². The van der Waals surface area contributed by atoms with Crippen molar-refractivity contribution in [1.82, 2.24) is 14.5 Å². The molecular weight excluding hydrogens is 368 g/mol. The number of nitrogens with zero attached hydrogens (tertiary/aromatic N) is 3. The molecule has 0 radical (unpaired) electrons. The molecule has 1 aliphatic heterocycles. The molecule has 0 atom stereocenters. The van der Waals surface area contributed by atoms with Crippen molar-refractivity contribution >= 4 is 38.1 Å². The van der Waals surface area contributed by atoms with E-state index < -0.39 is 10.0 Å². The van der Waals surface area contributed by atoms with Gasteiger partial charge in [0.05, 0.1) is 5.75 Å². The van der Waals surface area contributed by atoms with Crippen LogP contribution in [0.15, 0.2) is 24.3 Å². The molecule has 9 heteroatoms. The second kappa shape index (κ2) is 7.35. The molecule has 130 valence electrons. The maximum absolute atomic E-state index is 11.7. The van der Waals surface area contributed by atoms with Gasteiger partial charge in [-0.2, -0.15) is 0 Å². The Morgan fingerprint density at radius 2 is 2.00 bits per heavy atom. The lowest BCUT2D eigenvalue weighted by molar-refractivity contribution is 0.212. The smallest absolute Gasteiger partial charge is 0.213 e. The molecule has 1 N–H and O–H groups in total. The van der Waals surface area contributed by atoms with Crippen molar-refractivity contribution in [3.63, 3.8) is 0 Å². The first-order chi connectivity index (χ1) is 11.5. The van der Waals surface area contributed by atoms with E-state index in [2.05, 4.69) is 15.5 Å². The summed E-state index contributed by atoms with van der Waals surface area (Å²) in [7, 11) is -3.04. The Morgan fingerprint density at radius 3 is 2.67 bits per heavy atom. The van der Waals surface area contributed by atoms with Crippen molar-refractivity contribution in [1.29, 1.82) is 0 Å². The summed E-state index contributed by atoms with van der Waals surface area (Å²) >= 11 is 7.40. The van der Waals surface area contributed by atoms with Crippen molar-refractivity contribution in [2.75, 3.05) is 30.7 Å². The predicted molar refractivity (Wildman–Crippen MR) is 97.2 cm³/mol. The van der Waals surface area contributed by atoms with Crippen molar-refractivity contribution in [3.05, 3.63) is 39.9 Å². The first-order valence-corrected chi connectivity index (χ1v) is 10.5. The van der Waals surface area contributed by atoms with E-state index in [-0.39, 0.29) is 5.75 Å². The van der Waals surface area contributed by atoms with Crippen LogP contribution in [0.1, 0.15) is 17.5 Å². The van der Waals surface area contributed by atoms with Gasteiger partial charge in [0, 0.05) is 37.0 Å². The van der Waals surface area contributed by atoms with E-state index in [1.807, 2.05) is 24.3 Å². The highest BCUT2D eigenvalue weighted by molar-refractivity contribution is 7.89. The summed E-state index contributed by atoms with van der Waals surface area (Å²) in [6.45, 7) is 3.55. The Bertz CT molecular complexity index is 786. The zero-order chi connectivity index (χ0) is 17.2. The van der Waals surface area contributed by atoms with E-state index in [9.17, 15) is 8.42 Å². The maximum atomic E-state index is 11.7. The third kappa shape index (κ3) is 4.24. The molecule has 24 heavy (non-hydrogen) atoms. The zero-order valence-electron chi connectivity index (χ0n) is 13.3. The van der Waals surface area contributed by atoms with Crippen LogP contribution in [0.4, 0.5) is 5.13 Å². The Morgan fingerprint density at radius 1 is 1.29 bits per heavy atom. The van der Waals surface area contributed by atoms with E-state index in [1.54, 1.807) is 6.92 Å². The van der Waals surface area contributed by atoms with Crippen LogP contribution < -0.4 is 5.32 Å². The summed E-state index contributed by atoms with van der Waals surface area (Å²) in [6, 6.07) is 7.69. The number of nitrogens with one attached hydrogen (secondary N) is 1. The van der Waals surface area contributed by atoms with Crippen LogP contribution in [0, 0.1) is 5.92 Å². The van der Waals surface area contributed by atoms with Crippen molar-refractivity contribution < 1.29 is 8.42 Å². The van der Waals surface area contributed by atoms with Gasteiger partial charge in [-0.3, -0.25) is 0 Å². The van der Waals surface area contributed by atoms with Gasteiger partial charge in [0.15, 0.2) is 0 Å². The number of hydrogen-bond acceptors (Lipinski definition) is 6. The van der Waals surface area contributed by atoms with Crippen molar-refractivity contribution in [3.8, 4) is 0 Å². The molecule has 1 aromatic heterocycles. The van der Waals surface area contributed by atoms with Gasteiger partial charge in [-0.15, -0.1) is 10.2 Å². The molecule has 1 aromatic carbocycles. The van der Waals surface area contributed by atoms with Gasteiger partial charge in [0.25, 0.3) is 0 Å². The first kappa shape index (κ1) is 17.6. The van der Waals surface area contributed by atoms with Crippen molar-refractivity contribution in [2.45, 2.75) is 13.3 Å². The van der Waals surface area contributed by atoms with E-state index in [0.717, 1.165) is 27.1 Å². The van der Waals surface area contributed by atoms with Gasteiger partial charge in [-0.1, -0.05) is 35.1 Å². The first-order valence-electron chi connectivity index (χ1n) is 7.75. The molecule has 0 amide bonds. The van der Waals surface area contributed by atoms with Crippen LogP contribution in [0.2, 0.25) is 5.02 Å². The number of aromatic nitrogens is 2. The minimum absolute atomic E-state index is 0.164. The Hall–Kier alpha value is -1.22. The Balaban J connectivity index is 1.46. The second-order valence-electron chi connectivity index (χ2n) is 5.77. The number of sulfonamides is 1. The fourth-order valence-electron chi connectivity index (χ4n) is 2.47. The Kier molecular flexibility index (Phi) is 5.39. The highest BCUT2D eigenvalue weighted by Gasteiger charge is 2.34. The zero-order valence-corrected chi connectivity index (χ0v) is 15.7. The van der Waals surface area contributed by atoms with E-state index in [0.29, 0.717) is 25.6 Å². The topological polar surface area (TPSA) is 75.2 Å². The number of benzene rings is 1. The summed E-state index contributed by atoms with van der Waals surface area (Å²) in [4.78, 5) is 0. The summed E-state index contributed by atoms with van der Waals surface area (Å²) in [5.41, 5.74) is 1.14. The summed E-state index contributed by atoms with van der Waals surface area (Å²) < 4.78 is 24.9. The lowest BCUT2D eigenvalue weighted by atomic mass is 10.0. The van der Waals surface area contributed by atoms with E-state index >= 15 is 0 Å². The SMILES string of the molecule is CCS(=O)(=O)N1CC(CNc2nnc(Cc3ccc(Cl)cc3)s2)C1. The lowest BCUT2D eigenvalue weighted by Crippen LogP contribution is -2.52. The molecule has 0 unspecified atom stereocenters. The number of rotatable bonds is 7. The number of halogens is 1. The van der Waals surface area contributed by atoms with Crippen molar-refractivity contribution in [2.24, 2.45) is 5.92 Å².